The van der Waals surface area contributed by atoms with Gasteiger partial charge in [0.25, 0.3) is 15.9 Å². The molecular weight excluding hydrogens is 379 g/mol. The molecule has 10 heteroatoms. The standard InChI is InChI=1S/C17H17FN2O6S/c1-12(17(22)19-14-5-3-2-4-6-14)26-16(21)11-25-20-27(23,24)15-9-7-13(18)8-10-15/h2-10,12,20H,11H2,1H3,(H,19,22)/t12-/m0/s1. The van der Waals surface area contributed by atoms with E-state index in [2.05, 4.69) is 10.2 Å². The second kappa shape index (κ2) is 9.21. The molecule has 0 spiro atoms. The molecule has 0 aliphatic rings. The van der Waals surface area contributed by atoms with E-state index in [1.54, 1.807) is 35.2 Å². The van der Waals surface area contributed by atoms with E-state index in [0.29, 0.717) is 5.69 Å². The van der Waals surface area contributed by atoms with Crippen molar-refractivity contribution in [3.05, 3.63) is 60.4 Å². The van der Waals surface area contributed by atoms with Crippen LogP contribution in [0.4, 0.5) is 10.1 Å². The van der Waals surface area contributed by atoms with Gasteiger partial charge < -0.3 is 10.1 Å². The molecule has 0 aliphatic heterocycles. The molecule has 0 radical (unpaired) electrons. The van der Waals surface area contributed by atoms with Gasteiger partial charge >= 0.3 is 5.97 Å². The number of para-hydroxylation sites is 1. The minimum atomic E-state index is -4.08. The molecule has 0 unspecified atom stereocenters. The number of rotatable bonds is 8. The molecule has 0 heterocycles. The van der Waals surface area contributed by atoms with Crippen LogP contribution in [0.25, 0.3) is 0 Å². The SMILES string of the molecule is C[C@H](OC(=O)CONS(=O)(=O)c1ccc(F)cc1)C(=O)Nc1ccccc1. The van der Waals surface area contributed by atoms with Gasteiger partial charge in [-0.1, -0.05) is 23.1 Å². The average molecular weight is 396 g/mol. The Labute approximate surface area is 155 Å². The third-order valence-corrected chi connectivity index (χ3v) is 4.43. The van der Waals surface area contributed by atoms with Gasteiger partial charge in [-0.15, -0.1) is 0 Å². The van der Waals surface area contributed by atoms with Crippen molar-refractivity contribution in [1.82, 2.24) is 4.89 Å². The van der Waals surface area contributed by atoms with Crippen LogP contribution in [-0.4, -0.2) is 33.0 Å². The number of halogens is 1. The first-order valence-corrected chi connectivity index (χ1v) is 9.21. The van der Waals surface area contributed by atoms with Gasteiger partial charge in [0.15, 0.2) is 12.7 Å². The first kappa shape index (κ1) is 20.5. The number of amides is 1. The zero-order valence-corrected chi connectivity index (χ0v) is 15.0. The van der Waals surface area contributed by atoms with E-state index in [4.69, 9.17) is 4.74 Å². The molecule has 2 aromatic rings. The third-order valence-electron chi connectivity index (χ3n) is 3.20. The Balaban J connectivity index is 1.78. The van der Waals surface area contributed by atoms with Crippen LogP contribution in [0.15, 0.2) is 59.5 Å². The Morgan fingerprint density at radius 3 is 2.33 bits per heavy atom. The lowest BCUT2D eigenvalue weighted by molar-refractivity contribution is -0.158. The van der Waals surface area contributed by atoms with Crippen LogP contribution in [-0.2, 0) is 29.2 Å². The van der Waals surface area contributed by atoms with Crippen LogP contribution < -0.4 is 10.2 Å². The molecule has 2 aromatic carbocycles. The Hall–Kier alpha value is -2.82. The zero-order chi connectivity index (χ0) is 19.9. The lowest BCUT2D eigenvalue weighted by Gasteiger charge is -2.13. The van der Waals surface area contributed by atoms with Gasteiger partial charge in [-0.25, -0.2) is 17.6 Å². The van der Waals surface area contributed by atoms with Crippen LogP contribution >= 0.6 is 0 Å². The summed E-state index contributed by atoms with van der Waals surface area (Å²) >= 11 is 0. The number of hydrogen-bond acceptors (Lipinski definition) is 6. The topological polar surface area (TPSA) is 111 Å². The van der Waals surface area contributed by atoms with Gasteiger partial charge in [-0.2, -0.15) is 0 Å². The highest BCUT2D eigenvalue weighted by Gasteiger charge is 2.19. The molecule has 0 bridgehead atoms. The molecule has 0 saturated carbocycles. The zero-order valence-electron chi connectivity index (χ0n) is 14.2. The maximum Gasteiger partial charge on any atom is 0.335 e. The van der Waals surface area contributed by atoms with Gasteiger partial charge in [-0.05, 0) is 43.3 Å². The molecule has 0 aliphatic carbocycles. The Bertz CT molecular complexity index is 887. The minimum Gasteiger partial charge on any atom is -0.451 e. The molecule has 0 saturated heterocycles. The van der Waals surface area contributed by atoms with Crippen molar-refractivity contribution in [2.45, 2.75) is 17.9 Å². The number of ether oxygens (including phenoxy) is 1. The molecule has 144 valence electrons. The van der Waals surface area contributed by atoms with E-state index < -0.39 is 40.4 Å². The van der Waals surface area contributed by atoms with E-state index in [1.807, 2.05) is 0 Å². The number of benzene rings is 2. The van der Waals surface area contributed by atoms with Gasteiger partial charge in [0.05, 0.1) is 4.90 Å². The first-order chi connectivity index (χ1) is 12.8. The van der Waals surface area contributed by atoms with Crippen molar-refractivity contribution in [2.24, 2.45) is 0 Å². The summed E-state index contributed by atoms with van der Waals surface area (Å²) in [6.07, 6.45) is -1.12. The van der Waals surface area contributed by atoms with E-state index in [1.165, 1.54) is 6.92 Å². The number of sulfonamides is 1. The van der Waals surface area contributed by atoms with E-state index in [9.17, 15) is 22.4 Å². The van der Waals surface area contributed by atoms with Crippen LogP contribution in [0.2, 0.25) is 0 Å². The fourth-order valence-corrected chi connectivity index (χ4v) is 2.68. The number of hydrogen-bond donors (Lipinski definition) is 2. The summed E-state index contributed by atoms with van der Waals surface area (Å²) < 4.78 is 41.4. The van der Waals surface area contributed by atoms with E-state index in [-0.39, 0.29) is 4.90 Å². The molecule has 0 aromatic heterocycles. The summed E-state index contributed by atoms with van der Waals surface area (Å²) in [6.45, 7) is 0.599. The average Bonchev–Trinajstić information content (AvgIpc) is 2.62. The van der Waals surface area contributed by atoms with E-state index in [0.717, 1.165) is 24.3 Å². The number of esters is 1. The molecule has 2 rings (SSSR count). The monoisotopic (exact) mass is 396 g/mol. The number of carbonyl (C=O) groups excluding carboxylic acids is 2. The fraction of sp³-hybridized carbons (Fsp3) is 0.176. The van der Waals surface area contributed by atoms with E-state index >= 15 is 0 Å². The lowest BCUT2D eigenvalue weighted by Crippen LogP contribution is -2.33. The normalized spacial score (nSPS) is 12.2. The smallest absolute Gasteiger partial charge is 0.335 e. The van der Waals surface area contributed by atoms with Crippen LogP contribution in [0.3, 0.4) is 0 Å². The predicted molar refractivity (Wildman–Crippen MR) is 93.3 cm³/mol. The highest BCUT2D eigenvalue weighted by molar-refractivity contribution is 7.89. The van der Waals surface area contributed by atoms with Crippen LogP contribution in [0, 0.1) is 5.82 Å². The van der Waals surface area contributed by atoms with Crippen LogP contribution in [0.1, 0.15) is 6.92 Å². The molecule has 1 amide bonds. The Morgan fingerprint density at radius 1 is 1.07 bits per heavy atom. The molecular formula is C17H17FN2O6S. The van der Waals surface area contributed by atoms with Gasteiger partial charge in [0.1, 0.15) is 5.82 Å². The first-order valence-electron chi connectivity index (χ1n) is 7.72. The number of nitrogens with one attached hydrogen (secondary N) is 2. The summed E-state index contributed by atoms with van der Waals surface area (Å²) in [5.74, 6) is -2.10. The second-order valence-corrected chi connectivity index (χ2v) is 6.96. The largest absolute Gasteiger partial charge is 0.451 e. The summed E-state index contributed by atoms with van der Waals surface area (Å²) in [7, 11) is -4.08. The molecule has 1 atom stereocenters. The van der Waals surface area contributed by atoms with Gasteiger partial charge in [0.2, 0.25) is 0 Å². The third kappa shape index (κ3) is 6.44. The van der Waals surface area contributed by atoms with Crippen molar-refractivity contribution in [2.75, 3.05) is 11.9 Å². The quantitative estimate of drug-likeness (QED) is 0.518. The second-order valence-electron chi connectivity index (χ2n) is 5.32. The summed E-state index contributed by atoms with van der Waals surface area (Å²) in [4.78, 5) is 29.7. The molecule has 27 heavy (non-hydrogen) atoms. The van der Waals surface area contributed by atoms with Crippen LogP contribution in [0.5, 0.6) is 0 Å². The predicted octanol–water partition coefficient (Wildman–Crippen LogP) is 1.61. The summed E-state index contributed by atoms with van der Waals surface area (Å²) in [6, 6.07) is 12.6. The van der Waals surface area contributed by atoms with Crippen molar-refractivity contribution in [1.29, 1.82) is 0 Å². The molecule has 8 nitrogen and oxygen atoms in total. The lowest BCUT2D eigenvalue weighted by atomic mass is 10.3. The Kier molecular flexibility index (Phi) is 6.99. The highest BCUT2D eigenvalue weighted by atomic mass is 32.2. The molecule has 0 fully saturated rings. The van der Waals surface area contributed by atoms with Crippen molar-refractivity contribution in [3.8, 4) is 0 Å². The number of anilines is 1. The van der Waals surface area contributed by atoms with Gasteiger partial charge in [0, 0.05) is 5.69 Å². The maximum absolute atomic E-state index is 12.8. The highest BCUT2D eigenvalue weighted by Crippen LogP contribution is 2.09. The summed E-state index contributed by atoms with van der Waals surface area (Å²) in [5, 5.41) is 2.55. The minimum absolute atomic E-state index is 0.243. The maximum atomic E-state index is 12.8. The van der Waals surface area contributed by atoms with Gasteiger partial charge in [-0.3, -0.25) is 9.63 Å². The fourth-order valence-electron chi connectivity index (χ4n) is 1.88. The van der Waals surface area contributed by atoms with Crippen molar-refractivity contribution < 1.29 is 32.0 Å². The summed E-state index contributed by atoms with van der Waals surface area (Å²) in [5.41, 5.74) is 0.536. The van der Waals surface area contributed by atoms with Crippen molar-refractivity contribution >= 4 is 27.6 Å². The molecule has 2 N–H and O–H groups in total. The Morgan fingerprint density at radius 2 is 1.70 bits per heavy atom. The van der Waals surface area contributed by atoms with Crippen molar-refractivity contribution in [3.63, 3.8) is 0 Å². The number of carbonyl (C=O) groups is 2.